The van der Waals surface area contributed by atoms with E-state index in [-0.39, 0.29) is 40.8 Å². The fourth-order valence-electron chi connectivity index (χ4n) is 3.36. The quantitative estimate of drug-likeness (QED) is 0.447. The number of nitrogens with zero attached hydrogens (tertiary/aromatic N) is 3. The minimum atomic E-state index is -3.23. The van der Waals surface area contributed by atoms with Gasteiger partial charge < -0.3 is 10.1 Å². The van der Waals surface area contributed by atoms with Crippen LogP contribution in [0.5, 0.6) is 11.6 Å². The van der Waals surface area contributed by atoms with Gasteiger partial charge in [-0.05, 0) is 48.9 Å². The van der Waals surface area contributed by atoms with Crippen molar-refractivity contribution in [2.75, 3.05) is 11.5 Å². The second-order valence-electron chi connectivity index (χ2n) is 7.36. The highest BCUT2D eigenvalue weighted by molar-refractivity contribution is 7.91. The van der Waals surface area contributed by atoms with Crippen LogP contribution in [0.15, 0.2) is 59.0 Å². The Morgan fingerprint density at radius 2 is 2.03 bits per heavy atom. The van der Waals surface area contributed by atoms with Gasteiger partial charge in [-0.15, -0.1) is 0 Å². The summed E-state index contributed by atoms with van der Waals surface area (Å²) >= 11 is 0. The molecule has 1 atom stereocenters. The van der Waals surface area contributed by atoms with E-state index in [0.29, 0.717) is 0 Å². The van der Waals surface area contributed by atoms with Crippen LogP contribution in [-0.4, -0.2) is 41.3 Å². The van der Waals surface area contributed by atoms with E-state index >= 15 is 0 Å². The van der Waals surface area contributed by atoms with Crippen LogP contribution in [0.25, 0.3) is 11.7 Å². The predicted octanol–water partition coefficient (Wildman–Crippen LogP) is 1.84. The maximum atomic E-state index is 13.2. The highest BCUT2D eigenvalue weighted by Gasteiger charge is 2.29. The molecule has 2 aromatic heterocycles. The first-order valence-corrected chi connectivity index (χ1v) is 11.7. The largest absolute Gasteiger partial charge is 0.438 e. The number of carbonyl (C=O) groups excluding carboxylic acids is 1. The number of aromatic nitrogens is 2. The van der Waals surface area contributed by atoms with E-state index in [1.807, 2.05) is 0 Å². The highest BCUT2D eigenvalue weighted by Crippen LogP contribution is 2.24. The van der Waals surface area contributed by atoms with E-state index in [0.717, 1.165) is 6.08 Å². The Morgan fingerprint density at radius 1 is 1.27 bits per heavy atom. The second kappa shape index (κ2) is 8.84. The van der Waals surface area contributed by atoms with Crippen LogP contribution in [0.2, 0.25) is 0 Å². The molecule has 33 heavy (non-hydrogen) atoms. The van der Waals surface area contributed by atoms with Gasteiger partial charge in [-0.2, -0.15) is 10.2 Å². The van der Waals surface area contributed by atoms with E-state index in [2.05, 4.69) is 10.3 Å². The van der Waals surface area contributed by atoms with Crippen molar-refractivity contribution in [3.63, 3.8) is 0 Å². The summed E-state index contributed by atoms with van der Waals surface area (Å²) in [6, 6.07) is 11.0. The molecule has 0 radical (unpaired) electrons. The number of fused-ring (bicyclic) bond motifs is 1. The third-order valence-electron chi connectivity index (χ3n) is 4.98. The number of hydrogen-bond acceptors (Lipinski definition) is 7. The summed E-state index contributed by atoms with van der Waals surface area (Å²) in [5.41, 5.74) is -0.926. The zero-order valence-corrected chi connectivity index (χ0v) is 17.9. The first-order chi connectivity index (χ1) is 15.8. The lowest BCUT2D eigenvalue weighted by Gasteiger charge is -2.12. The SMILES string of the molecule is N#C/C(=C\c1c(Oc2ccc(F)cc2)nc2ccccn2c1=O)C(=O)N[C@@H]1CCS(=O)(=O)C1. The Balaban J connectivity index is 1.75. The minimum Gasteiger partial charge on any atom is -0.438 e. The van der Waals surface area contributed by atoms with Gasteiger partial charge in [0.2, 0.25) is 5.88 Å². The monoisotopic (exact) mass is 468 g/mol. The van der Waals surface area contributed by atoms with Crippen LogP contribution < -0.4 is 15.6 Å². The van der Waals surface area contributed by atoms with Crippen LogP contribution in [0.1, 0.15) is 12.0 Å². The van der Waals surface area contributed by atoms with E-state index < -0.39 is 38.7 Å². The lowest BCUT2D eigenvalue weighted by molar-refractivity contribution is -0.117. The number of carbonyl (C=O) groups is 1. The number of halogens is 1. The number of amides is 1. The van der Waals surface area contributed by atoms with Crippen molar-refractivity contribution in [3.05, 3.63) is 76.0 Å². The third-order valence-corrected chi connectivity index (χ3v) is 6.75. The van der Waals surface area contributed by atoms with Crippen molar-refractivity contribution in [2.45, 2.75) is 12.5 Å². The number of rotatable bonds is 5. The molecule has 3 aromatic rings. The lowest BCUT2D eigenvalue weighted by atomic mass is 10.1. The standard InChI is InChI=1S/C22H17FN4O5S/c23-15-4-6-17(7-5-15)32-21-18(22(29)27-9-2-1-3-19(27)26-21)11-14(12-24)20(28)25-16-8-10-33(30,31)13-16/h1-7,9,11,16H,8,10,13H2,(H,25,28)/b14-11+/t16-/m1/s1. The van der Waals surface area contributed by atoms with Gasteiger partial charge in [0, 0.05) is 12.2 Å². The number of benzene rings is 1. The van der Waals surface area contributed by atoms with E-state index in [9.17, 15) is 27.7 Å². The summed E-state index contributed by atoms with van der Waals surface area (Å²) in [7, 11) is -3.23. The van der Waals surface area contributed by atoms with Crippen molar-refractivity contribution >= 4 is 27.5 Å². The normalized spacial score (nSPS) is 17.5. The van der Waals surface area contributed by atoms with Crippen molar-refractivity contribution < 1.29 is 22.3 Å². The molecular weight excluding hydrogens is 451 g/mol. The number of ether oxygens (including phenoxy) is 1. The zero-order chi connectivity index (χ0) is 23.6. The molecule has 1 fully saturated rings. The van der Waals surface area contributed by atoms with Crippen LogP contribution in [-0.2, 0) is 14.6 Å². The Morgan fingerprint density at radius 3 is 2.70 bits per heavy atom. The van der Waals surface area contributed by atoms with Crippen molar-refractivity contribution in [1.29, 1.82) is 5.26 Å². The number of hydrogen-bond donors (Lipinski definition) is 1. The van der Waals surface area contributed by atoms with E-state index in [1.165, 1.54) is 34.9 Å². The molecule has 1 N–H and O–H groups in total. The van der Waals surface area contributed by atoms with Crippen LogP contribution in [0, 0.1) is 17.1 Å². The summed E-state index contributed by atoms with van der Waals surface area (Å²) in [5.74, 6) is -1.54. The third kappa shape index (κ3) is 4.91. The number of nitrogens with one attached hydrogen (secondary N) is 1. The van der Waals surface area contributed by atoms with Gasteiger partial charge in [0.05, 0.1) is 11.5 Å². The Labute approximate surface area is 187 Å². The molecule has 168 valence electrons. The molecule has 9 nitrogen and oxygen atoms in total. The number of sulfone groups is 1. The predicted molar refractivity (Wildman–Crippen MR) is 117 cm³/mol. The van der Waals surface area contributed by atoms with Gasteiger partial charge in [-0.3, -0.25) is 14.0 Å². The van der Waals surface area contributed by atoms with Gasteiger partial charge in [0.15, 0.2) is 9.84 Å². The summed E-state index contributed by atoms with van der Waals surface area (Å²) in [4.78, 5) is 30.0. The molecule has 1 saturated heterocycles. The van der Waals surface area contributed by atoms with E-state index in [1.54, 1.807) is 24.3 Å². The average molecular weight is 468 g/mol. The minimum absolute atomic E-state index is 0.0465. The molecule has 0 saturated carbocycles. The molecule has 0 bridgehead atoms. The van der Waals surface area contributed by atoms with Gasteiger partial charge >= 0.3 is 0 Å². The summed E-state index contributed by atoms with van der Waals surface area (Å²) in [5, 5.41) is 12.1. The molecule has 0 aliphatic carbocycles. The molecule has 0 unspecified atom stereocenters. The first kappa shape index (κ1) is 22.2. The molecule has 1 amide bonds. The maximum absolute atomic E-state index is 13.2. The lowest BCUT2D eigenvalue weighted by Crippen LogP contribution is -2.36. The van der Waals surface area contributed by atoms with Crippen molar-refractivity contribution in [3.8, 4) is 17.7 Å². The fourth-order valence-corrected chi connectivity index (χ4v) is 5.04. The van der Waals surface area contributed by atoms with Gasteiger partial charge in [-0.1, -0.05) is 6.07 Å². The smallest absolute Gasteiger partial charge is 0.269 e. The Hall–Kier alpha value is -4.04. The number of pyridine rings is 1. The fraction of sp³-hybridized carbons (Fsp3) is 0.182. The molecule has 4 rings (SSSR count). The zero-order valence-electron chi connectivity index (χ0n) is 17.1. The van der Waals surface area contributed by atoms with E-state index in [4.69, 9.17) is 4.74 Å². The summed E-state index contributed by atoms with van der Waals surface area (Å²) in [6.45, 7) is 0. The van der Waals surface area contributed by atoms with Gasteiger partial charge in [0.1, 0.15) is 34.4 Å². The Kier molecular flexibility index (Phi) is 5.93. The topological polar surface area (TPSA) is 131 Å². The van der Waals surface area contributed by atoms with Crippen LogP contribution in [0.4, 0.5) is 4.39 Å². The highest BCUT2D eigenvalue weighted by atomic mass is 32.2. The molecule has 1 aliphatic rings. The number of nitriles is 1. The summed E-state index contributed by atoms with van der Waals surface area (Å²) < 4.78 is 43.4. The molecule has 1 aromatic carbocycles. The first-order valence-electron chi connectivity index (χ1n) is 9.83. The molecular formula is C22H17FN4O5S. The second-order valence-corrected chi connectivity index (χ2v) is 9.59. The van der Waals surface area contributed by atoms with Gasteiger partial charge in [-0.25, -0.2) is 12.8 Å². The molecule has 11 heteroatoms. The Bertz CT molecular complexity index is 1470. The molecule has 0 spiro atoms. The van der Waals surface area contributed by atoms with Gasteiger partial charge in [0.25, 0.3) is 11.5 Å². The van der Waals surface area contributed by atoms with Crippen LogP contribution >= 0.6 is 0 Å². The van der Waals surface area contributed by atoms with Crippen molar-refractivity contribution in [2.24, 2.45) is 0 Å². The van der Waals surface area contributed by atoms with Crippen LogP contribution in [0.3, 0.4) is 0 Å². The summed E-state index contributed by atoms with van der Waals surface area (Å²) in [6.07, 6.45) is 2.76. The molecule has 1 aliphatic heterocycles. The maximum Gasteiger partial charge on any atom is 0.269 e. The van der Waals surface area contributed by atoms with Crippen molar-refractivity contribution in [1.82, 2.24) is 14.7 Å². The average Bonchev–Trinajstić information content (AvgIpc) is 3.13. The molecule has 3 heterocycles.